The molecule has 7 heteroatoms. The molecule has 0 bridgehead atoms. The summed E-state index contributed by atoms with van der Waals surface area (Å²) in [5.41, 5.74) is 3.31. The number of nitrogens with zero attached hydrogens (tertiary/aromatic N) is 1. The summed E-state index contributed by atoms with van der Waals surface area (Å²) in [5, 5.41) is 4.64. The van der Waals surface area contributed by atoms with Crippen LogP contribution < -0.4 is 19.7 Å². The molecule has 1 aliphatic rings. The monoisotopic (exact) mass is 488 g/mol. The number of piperidine rings is 1. The summed E-state index contributed by atoms with van der Waals surface area (Å²) in [6, 6.07) is 16.1. The van der Waals surface area contributed by atoms with Crippen molar-refractivity contribution in [3.8, 4) is 11.5 Å². The van der Waals surface area contributed by atoms with Crippen LogP contribution in [0.15, 0.2) is 54.6 Å². The molecule has 4 rings (SSSR count). The van der Waals surface area contributed by atoms with E-state index in [2.05, 4.69) is 16.3 Å². The molecule has 0 radical (unpaired) electrons. The molecule has 0 atom stereocenters. The maximum Gasteiger partial charge on any atom is 0.163 e. The molecule has 0 amide bonds. The SMILES string of the molecule is COc1cc(CNc2ccc(N3CCCCC3)c(Cl)c2)c(Cl)cc1OCc1ccccc1F. The van der Waals surface area contributed by atoms with Crippen molar-refractivity contribution in [2.75, 3.05) is 30.4 Å². The van der Waals surface area contributed by atoms with Gasteiger partial charge in [0.1, 0.15) is 12.4 Å². The third kappa shape index (κ3) is 5.84. The van der Waals surface area contributed by atoms with Gasteiger partial charge in [0.25, 0.3) is 0 Å². The molecule has 1 N–H and O–H groups in total. The van der Waals surface area contributed by atoms with Gasteiger partial charge in [0.05, 0.1) is 17.8 Å². The van der Waals surface area contributed by atoms with Crippen molar-refractivity contribution in [2.24, 2.45) is 0 Å². The fourth-order valence-corrected chi connectivity index (χ4v) is 4.48. The number of benzene rings is 3. The highest BCUT2D eigenvalue weighted by atomic mass is 35.5. The first-order valence-electron chi connectivity index (χ1n) is 11.1. The Balaban J connectivity index is 1.43. The Morgan fingerprint density at radius 3 is 2.42 bits per heavy atom. The molecule has 33 heavy (non-hydrogen) atoms. The Kier molecular flexibility index (Phi) is 7.84. The Morgan fingerprint density at radius 2 is 1.70 bits per heavy atom. The van der Waals surface area contributed by atoms with Crippen LogP contribution in [0.25, 0.3) is 0 Å². The van der Waals surface area contributed by atoms with Gasteiger partial charge in [0.15, 0.2) is 11.5 Å². The van der Waals surface area contributed by atoms with Crippen molar-refractivity contribution < 1.29 is 13.9 Å². The minimum atomic E-state index is -0.312. The third-order valence-corrected chi connectivity index (χ3v) is 6.46. The van der Waals surface area contributed by atoms with E-state index in [4.69, 9.17) is 32.7 Å². The molecule has 0 aromatic heterocycles. The molecular formula is C26H27Cl2FN2O2. The zero-order chi connectivity index (χ0) is 23.2. The van der Waals surface area contributed by atoms with Gasteiger partial charge in [0, 0.05) is 42.0 Å². The fourth-order valence-electron chi connectivity index (χ4n) is 3.96. The predicted octanol–water partition coefficient (Wildman–Crippen LogP) is 7.32. The molecule has 3 aromatic rings. The zero-order valence-electron chi connectivity index (χ0n) is 18.5. The van der Waals surface area contributed by atoms with Crippen molar-refractivity contribution in [3.05, 3.63) is 81.6 Å². The molecule has 0 spiro atoms. The van der Waals surface area contributed by atoms with Gasteiger partial charge in [-0.05, 0) is 55.2 Å². The van der Waals surface area contributed by atoms with E-state index in [1.54, 1.807) is 31.4 Å². The third-order valence-electron chi connectivity index (χ3n) is 5.80. The standard InChI is InChI=1S/C26H27Cl2FN2O2/c1-32-25-13-19(21(27)15-26(25)33-17-18-7-3-4-8-23(18)29)16-30-20-9-10-24(22(28)14-20)31-11-5-2-6-12-31/h3-4,7-10,13-15,30H,2,5-6,11-12,16-17H2,1H3. The summed E-state index contributed by atoms with van der Waals surface area (Å²) in [5.74, 6) is 0.683. The number of hydrogen-bond donors (Lipinski definition) is 1. The molecule has 1 aliphatic heterocycles. The van der Waals surface area contributed by atoms with Crippen molar-refractivity contribution >= 4 is 34.6 Å². The Labute approximate surface area is 204 Å². The topological polar surface area (TPSA) is 33.7 Å². The second kappa shape index (κ2) is 11.0. The van der Waals surface area contributed by atoms with Gasteiger partial charge in [-0.25, -0.2) is 4.39 Å². The van der Waals surface area contributed by atoms with Crippen molar-refractivity contribution in [1.82, 2.24) is 0 Å². The van der Waals surface area contributed by atoms with E-state index in [1.807, 2.05) is 18.2 Å². The summed E-state index contributed by atoms with van der Waals surface area (Å²) < 4.78 is 25.2. The van der Waals surface area contributed by atoms with Crippen LogP contribution in [0.5, 0.6) is 11.5 Å². The number of anilines is 2. The Morgan fingerprint density at radius 1 is 0.909 bits per heavy atom. The van der Waals surface area contributed by atoms with E-state index in [0.717, 1.165) is 35.1 Å². The summed E-state index contributed by atoms with van der Waals surface area (Å²) in [6.45, 7) is 2.67. The van der Waals surface area contributed by atoms with Gasteiger partial charge >= 0.3 is 0 Å². The Bertz CT molecular complexity index is 1100. The van der Waals surface area contributed by atoms with E-state index in [0.29, 0.717) is 28.6 Å². The van der Waals surface area contributed by atoms with E-state index < -0.39 is 0 Å². The summed E-state index contributed by atoms with van der Waals surface area (Å²) in [4.78, 5) is 2.34. The van der Waals surface area contributed by atoms with Crippen LogP contribution in [0.3, 0.4) is 0 Å². The average Bonchev–Trinajstić information content (AvgIpc) is 2.83. The highest BCUT2D eigenvalue weighted by Gasteiger charge is 2.15. The van der Waals surface area contributed by atoms with Gasteiger partial charge in [-0.1, -0.05) is 41.4 Å². The molecular weight excluding hydrogens is 462 g/mol. The molecule has 1 saturated heterocycles. The number of hydrogen-bond acceptors (Lipinski definition) is 4. The van der Waals surface area contributed by atoms with Crippen LogP contribution >= 0.6 is 23.2 Å². The lowest BCUT2D eigenvalue weighted by Gasteiger charge is -2.29. The van der Waals surface area contributed by atoms with Crippen LogP contribution in [-0.4, -0.2) is 20.2 Å². The summed E-state index contributed by atoms with van der Waals surface area (Å²) in [6.07, 6.45) is 3.69. The van der Waals surface area contributed by atoms with Crippen LogP contribution in [0, 0.1) is 5.82 Å². The fraction of sp³-hybridized carbons (Fsp3) is 0.308. The number of halogens is 3. The first-order valence-corrected chi connectivity index (χ1v) is 11.8. The Hall–Kier alpha value is -2.63. The lowest BCUT2D eigenvalue weighted by Crippen LogP contribution is -2.29. The van der Waals surface area contributed by atoms with E-state index in [9.17, 15) is 4.39 Å². The number of rotatable bonds is 8. The van der Waals surface area contributed by atoms with E-state index in [1.165, 1.54) is 25.3 Å². The van der Waals surface area contributed by atoms with Crippen molar-refractivity contribution in [1.29, 1.82) is 0 Å². The second-order valence-electron chi connectivity index (χ2n) is 8.04. The van der Waals surface area contributed by atoms with Crippen molar-refractivity contribution in [3.63, 3.8) is 0 Å². The lowest BCUT2D eigenvalue weighted by atomic mass is 10.1. The predicted molar refractivity (Wildman–Crippen MR) is 134 cm³/mol. The summed E-state index contributed by atoms with van der Waals surface area (Å²) >= 11 is 13.1. The van der Waals surface area contributed by atoms with E-state index >= 15 is 0 Å². The van der Waals surface area contributed by atoms with Gasteiger partial charge < -0.3 is 19.7 Å². The maximum absolute atomic E-state index is 13.9. The average molecular weight is 489 g/mol. The van der Waals surface area contributed by atoms with Crippen LogP contribution in [0.4, 0.5) is 15.8 Å². The maximum atomic E-state index is 13.9. The molecule has 1 heterocycles. The molecule has 174 valence electrons. The smallest absolute Gasteiger partial charge is 0.163 e. The zero-order valence-corrected chi connectivity index (χ0v) is 20.1. The minimum absolute atomic E-state index is 0.0822. The van der Waals surface area contributed by atoms with Gasteiger partial charge in [-0.15, -0.1) is 0 Å². The van der Waals surface area contributed by atoms with Gasteiger partial charge in [-0.3, -0.25) is 0 Å². The first-order chi connectivity index (χ1) is 16.0. The molecule has 0 saturated carbocycles. The number of ether oxygens (including phenoxy) is 2. The largest absolute Gasteiger partial charge is 0.493 e. The molecule has 1 fully saturated rings. The van der Waals surface area contributed by atoms with Crippen molar-refractivity contribution in [2.45, 2.75) is 32.4 Å². The number of methoxy groups -OCH3 is 1. The highest BCUT2D eigenvalue weighted by Crippen LogP contribution is 2.35. The first kappa shape index (κ1) is 23.5. The molecule has 3 aromatic carbocycles. The minimum Gasteiger partial charge on any atom is -0.493 e. The lowest BCUT2D eigenvalue weighted by molar-refractivity contribution is 0.279. The molecule has 0 unspecified atom stereocenters. The quantitative estimate of drug-likeness (QED) is 0.360. The van der Waals surface area contributed by atoms with E-state index in [-0.39, 0.29) is 12.4 Å². The number of nitrogens with one attached hydrogen (secondary N) is 1. The highest BCUT2D eigenvalue weighted by molar-refractivity contribution is 6.33. The van der Waals surface area contributed by atoms with Crippen LogP contribution in [-0.2, 0) is 13.2 Å². The van der Waals surface area contributed by atoms with Crippen LogP contribution in [0.1, 0.15) is 30.4 Å². The molecule has 4 nitrogen and oxygen atoms in total. The van der Waals surface area contributed by atoms with Gasteiger partial charge in [0.2, 0.25) is 0 Å². The molecule has 0 aliphatic carbocycles. The summed E-state index contributed by atoms with van der Waals surface area (Å²) in [7, 11) is 1.56. The second-order valence-corrected chi connectivity index (χ2v) is 8.86. The van der Waals surface area contributed by atoms with Crippen LogP contribution in [0.2, 0.25) is 10.0 Å². The van der Waals surface area contributed by atoms with Gasteiger partial charge in [-0.2, -0.15) is 0 Å². The normalized spacial score (nSPS) is 13.6.